The fourth-order valence-electron chi connectivity index (χ4n) is 2.87. The summed E-state index contributed by atoms with van der Waals surface area (Å²) in [7, 11) is 1.36. The molecule has 0 N–H and O–H groups in total. The number of esters is 1. The Hall–Kier alpha value is -2.70. The highest BCUT2D eigenvalue weighted by molar-refractivity contribution is 5.94. The van der Waals surface area contributed by atoms with Crippen molar-refractivity contribution in [1.29, 1.82) is 0 Å². The largest absolute Gasteiger partial charge is 0.501 e. The smallest absolute Gasteiger partial charge is 0.410 e. The number of rotatable bonds is 5. The molecule has 1 aliphatic heterocycles. The zero-order valence-electron chi connectivity index (χ0n) is 17.4. The zero-order valence-corrected chi connectivity index (χ0v) is 17.4. The molecule has 1 aromatic carbocycles. The third-order valence-corrected chi connectivity index (χ3v) is 4.25. The minimum atomic E-state index is -0.500. The lowest BCUT2D eigenvalue weighted by molar-refractivity contribution is 0.0240. The molecule has 0 atom stereocenters. The number of nitrogens with zero attached hydrogens (tertiary/aromatic N) is 2. The summed E-state index contributed by atoms with van der Waals surface area (Å²) in [5.74, 6) is -0.391. The van der Waals surface area contributed by atoms with Gasteiger partial charge in [0, 0.05) is 31.9 Å². The summed E-state index contributed by atoms with van der Waals surface area (Å²) in [4.78, 5) is 28.1. The molecule has 0 spiro atoms. The number of methoxy groups -OCH3 is 1. The van der Waals surface area contributed by atoms with Crippen molar-refractivity contribution in [2.75, 3.05) is 44.8 Å². The number of hydrogen-bond acceptors (Lipinski definition) is 6. The average Bonchev–Trinajstić information content (AvgIpc) is 2.66. The quantitative estimate of drug-likeness (QED) is 0.566. The number of anilines is 1. The second-order valence-corrected chi connectivity index (χ2v) is 7.48. The summed E-state index contributed by atoms with van der Waals surface area (Å²) < 4.78 is 15.6. The molecule has 7 heteroatoms. The number of piperazine rings is 1. The first-order valence-electron chi connectivity index (χ1n) is 9.48. The number of benzene rings is 1. The van der Waals surface area contributed by atoms with E-state index in [-0.39, 0.29) is 6.09 Å². The Morgan fingerprint density at radius 3 is 2.39 bits per heavy atom. The molecule has 154 valence electrons. The molecule has 1 heterocycles. The van der Waals surface area contributed by atoms with Gasteiger partial charge < -0.3 is 24.0 Å². The van der Waals surface area contributed by atoms with Crippen molar-refractivity contribution in [3.05, 3.63) is 35.6 Å². The van der Waals surface area contributed by atoms with Crippen LogP contribution >= 0.6 is 0 Å². The van der Waals surface area contributed by atoms with Crippen molar-refractivity contribution in [2.24, 2.45) is 0 Å². The van der Waals surface area contributed by atoms with E-state index < -0.39 is 11.6 Å². The van der Waals surface area contributed by atoms with Gasteiger partial charge in [0.15, 0.2) is 0 Å². The first-order chi connectivity index (χ1) is 13.2. The average molecular weight is 390 g/mol. The van der Waals surface area contributed by atoms with E-state index in [9.17, 15) is 9.59 Å². The number of amides is 1. The fraction of sp³-hybridized carbons (Fsp3) is 0.524. The molecule has 0 saturated carbocycles. The molecule has 0 bridgehead atoms. The van der Waals surface area contributed by atoms with Gasteiger partial charge in [-0.3, -0.25) is 0 Å². The van der Waals surface area contributed by atoms with E-state index in [0.717, 1.165) is 11.3 Å². The van der Waals surface area contributed by atoms with Gasteiger partial charge in [0.25, 0.3) is 0 Å². The second-order valence-electron chi connectivity index (χ2n) is 7.48. The summed E-state index contributed by atoms with van der Waals surface area (Å²) in [5.41, 5.74) is 1.69. The van der Waals surface area contributed by atoms with Gasteiger partial charge in [-0.15, -0.1) is 0 Å². The van der Waals surface area contributed by atoms with Crippen LogP contribution in [0.2, 0.25) is 0 Å². The molecule has 1 saturated heterocycles. The maximum Gasteiger partial charge on any atom is 0.410 e. The Balaban J connectivity index is 2.10. The Morgan fingerprint density at radius 1 is 1.14 bits per heavy atom. The van der Waals surface area contributed by atoms with Crippen molar-refractivity contribution in [3.63, 3.8) is 0 Å². The molecule has 28 heavy (non-hydrogen) atoms. The van der Waals surface area contributed by atoms with Gasteiger partial charge in [-0.05, 0) is 57.5 Å². The lowest BCUT2D eigenvalue weighted by atomic mass is 10.1. The molecule has 1 aromatic rings. The van der Waals surface area contributed by atoms with Gasteiger partial charge in [0.2, 0.25) is 0 Å². The van der Waals surface area contributed by atoms with Crippen LogP contribution in [-0.4, -0.2) is 62.5 Å². The Kier molecular flexibility index (Phi) is 7.31. The minimum absolute atomic E-state index is 0.284. The van der Waals surface area contributed by atoms with E-state index >= 15 is 0 Å². The van der Waals surface area contributed by atoms with Crippen molar-refractivity contribution in [2.45, 2.75) is 33.3 Å². The van der Waals surface area contributed by atoms with Crippen molar-refractivity contribution < 1.29 is 23.8 Å². The highest BCUT2D eigenvalue weighted by atomic mass is 16.6. The normalized spacial score (nSPS) is 14.9. The number of ether oxygens (including phenoxy) is 3. The van der Waals surface area contributed by atoms with E-state index in [1.54, 1.807) is 23.3 Å². The number of carbonyl (C=O) groups is 2. The summed E-state index contributed by atoms with van der Waals surface area (Å²) in [6.07, 6.45) is 3.05. The lowest BCUT2D eigenvalue weighted by Crippen LogP contribution is -2.50. The van der Waals surface area contributed by atoms with Gasteiger partial charge in [0.05, 0.1) is 25.5 Å². The van der Waals surface area contributed by atoms with E-state index in [4.69, 9.17) is 14.2 Å². The predicted octanol–water partition coefficient (Wildman–Crippen LogP) is 3.54. The van der Waals surface area contributed by atoms with Crippen LogP contribution in [0.3, 0.4) is 0 Å². The SMILES string of the molecule is CCO/C=C/c1cc(N2CCN(C(=O)OC(C)(C)C)CC2)ccc1C(=O)OC. The monoisotopic (exact) mass is 390 g/mol. The molecule has 1 amide bonds. The fourth-order valence-corrected chi connectivity index (χ4v) is 2.87. The van der Waals surface area contributed by atoms with E-state index in [2.05, 4.69) is 4.90 Å². The molecule has 0 aromatic heterocycles. The van der Waals surface area contributed by atoms with Crippen LogP contribution in [0.1, 0.15) is 43.6 Å². The lowest BCUT2D eigenvalue weighted by Gasteiger charge is -2.37. The van der Waals surface area contributed by atoms with Crippen LogP contribution in [0.15, 0.2) is 24.5 Å². The summed E-state index contributed by atoms with van der Waals surface area (Å²) in [5, 5.41) is 0. The van der Waals surface area contributed by atoms with E-state index in [1.807, 2.05) is 39.8 Å². The molecule has 0 unspecified atom stereocenters. The highest BCUT2D eigenvalue weighted by Gasteiger charge is 2.26. The van der Waals surface area contributed by atoms with Crippen LogP contribution < -0.4 is 4.90 Å². The molecule has 1 fully saturated rings. The van der Waals surface area contributed by atoms with Crippen LogP contribution in [0, 0.1) is 0 Å². The molecular weight excluding hydrogens is 360 g/mol. The summed E-state index contributed by atoms with van der Waals surface area (Å²) in [6, 6.07) is 5.59. The Labute approximate surface area is 166 Å². The highest BCUT2D eigenvalue weighted by Crippen LogP contribution is 2.23. The van der Waals surface area contributed by atoms with Crippen LogP contribution in [0.4, 0.5) is 10.5 Å². The van der Waals surface area contributed by atoms with Gasteiger partial charge in [-0.1, -0.05) is 0 Å². The van der Waals surface area contributed by atoms with Gasteiger partial charge in [0.1, 0.15) is 5.60 Å². The maximum atomic E-state index is 12.2. The number of hydrogen-bond donors (Lipinski definition) is 0. The first-order valence-corrected chi connectivity index (χ1v) is 9.48. The summed E-state index contributed by atoms with van der Waals surface area (Å²) in [6.45, 7) is 10.6. The number of carbonyl (C=O) groups excluding carboxylic acids is 2. The first kappa shape index (κ1) is 21.6. The van der Waals surface area contributed by atoms with Crippen molar-refractivity contribution >= 4 is 23.8 Å². The van der Waals surface area contributed by atoms with Crippen LogP contribution in [0.25, 0.3) is 6.08 Å². The van der Waals surface area contributed by atoms with E-state index in [1.165, 1.54) is 7.11 Å². The molecule has 1 aliphatic rings. The maximum absolute atomic E-state index is 12.2. The van der Waals surface area contributed by atoms with Gasteiger partial charge in [-0.2, -0.15) is 0 Å². The Morgan fingerprint density at radius 2 is 1.82 bits per heavy atom. The molecule has 2 rings (SSSR count). The molecule has 0 aliphatic carbocycles. The van der Waals surface area contributed by atoms with Gasteiger partial charge >= 0.3 is 12.1 Å². The zero-order chi connectivity index (χ0) is 20.7. The third kappa shape index (κ3) is 5.90. The summed E-state index contributed by atoms with van der Waals surface area (Å²) >= 11 is 0. The predicted molar refractivity (Wildman–Crippen MR) is 108 cm³/mol. The molecular formula is C21H30N2O5. The molecule has 7 nitrogen and oxygen atoms in total. The minimum Gasteiger partial charge on any atom is -0.501 e. The standard InChI is InChI=1S/C21H30N2O5/c1-6-27-14-9-16-15-17(7-8-18(16)19(24)26-5)22-10-12-23(13-11-22)20(25)28-21(2,3)4/h7-9,14-15H,6,10-13H2,1-5H3/b14-9+. The van der Waals surface area contributed by atoms with Crippen LogP contribution in [-0.2, 0) is 14.2 Å². The third-order valence-electron chi connectivity index (χ3n) is 4.25. The second kappa shape index (κ2) is 9.48. The van der Waals surface area contributed by atoms with Crippen molar-refractivity contribution in [1.82, 2.24) is 4.90 Å². The van der Waals surface area contributed by atoms with Gasteiger partial charge in [-0.25, -0.2) is 9.59 Å². The molecule has 0 radical (unpaired) electrons. The van der Waals surface area contributed by atoms with Crippen molar-refractivity contribution in [3.8, 4) is 0 Å². The van der Waals surface area contributed by atoms with E-state index in [0.29, 0.717) is 38.3 Å². The topological polar surface area (TPSA) is 68.3 Å². The Bertz CT molecular complexity index is 716. The van der Waals surface area contributed by atoms with Crippen LogP contribution in [0.5, 0.6) is 0 Å².